The summed E-state index contributed by atoms with van der Waals surface area (Å²) in [5.74, 6) is -0.263. The normalized spacial score (nSPS) is 21.8. The molecular weight excluding hydrogens is 413 g/mol. The van der Waals surface area contributed by atoms with Crippen LogP contribution >= 0.6 is 0 Å². The molecule has 2 aromatic carbocycles. The van der Waals surface area contributed by atoms with E-state index in [2.05, 4.69) is 15.5 Å². The maximum absolute atomic E-state index is 13.4. The molecule has 2 aliphatic rings. The van der Waals surface area contributed by atoms with Crippen molar-refractivity contribution in [2.45, 2.75) is 17.7 Å². The number of hydrogen-bond donors (Lipinski definition) is 0. The van der Waals surface area contributed by atoms with E-state index < -0.39 is 11.4 Å². The Hall–Kier alpha value is -2.45. The molecule has 31 heavy (non-hydrogen) atoms. The molecule has 2 unspecified atom stereocenters. The Balaban J connectivity index is 1.47. The van der Waals surface area contributed by atoms with Crippen LogP contribution in [0.15, 0.2) is 71.3 Å². The minimum atomic E-state index is -1.20. The van der Waals surface area contributed by atoms with Crippen molar-refractivity contribution in [3.63, 3.8) is 0 Å². The summed E-state index contributed by atoms with van der Waals surface area (Å²) in [4.78, 5) is 0.822. The zero-order chi connectivity index (χ0) is 21.4. The number of ether oxygens (including phenoxy) is 1. The first kappa shape index (κ1) is 20.5. The molecule has 2 atom stereocenters. The minimum Gasteiger partial charge on any atom is -0.593 e. The van der Waals surface area contributed by atoms with Crippen molar-refractivity contribution < 1.29 is 13.7 Å². The van der Waals surface area contributed by atoms with Gasteiger partial charge in [-0.2, -0.15) is 5.10 Å². The number of benzene rings is 2. The van der Waals surface area contributed by atoms with Gasteiger partial charge in [0.1, 0.15) is 5.82 Å². The van der Waals surface area contributed by atoms with Crippen molar-refractivity contribution in [1.82, 2.24) is 14.1 Å². The van der Waals surface area contributed by atoms with Gasteiger partial charge in [-0.05, 0) is 60.9 Å². The van der Waals surface area contributed by atoms with Gasteiger partial charge in [0, 0.05) is 19.1 Å². The van der Waals surface area contributed by atoms with Gasteiger partial charge in [-0.25, -0.2) is 9.07 Å². The summed E-state index contributed by atoms with van der Waals surface area (Å²) in [7, 11) is 1.72. The summed E-state index contributed by atoms with van der Waals surface area (Å²) in [6.45, 7) is 1.94. The van der Waals surface area contributed by atoms with Gasteiger partial charge in [0.25, 0.3) is 0 Å². The Labute approximate surface area is 184 Å². The molecular formula is C24H24FN3O2S. The highest BCUT2D eigenvalue weighted by atomic mass is 32.2. The third-order valence-electron chi connectivity index (χ3n) is 6.19. The fourth-order valence-corrected chi connectivity index (χ4v) is 6.03. The number of hydrogen-bond acceptors (Lipinski definition) is 4. The molecule has 2 heterocycles. The van der Waals surface area contributed by atoms with E-state index in [9.17, 15) is 8.94 Å². The maximum Gasteiger partial charge on any atom is 0.174 e. The van der Waals surface area contributed by atoms with E-state index >= 15 is 0 Å². The molecule has 1 aromatic heterocycles. The largest absolute Gasteiger partial charge is 0.593 e. The first-order valence-corrected chi connectivity index (χ1v) is 11.4. The molecule has 3 aromatic rings. The molecule has 160 valence electrons. The predicted molar refractivity (Wildman–Crippen MR) is 119 cm³/mol. The fraction of sp³-hybridized carbons (Fsp3) is 0.292. The zero-order valence-electron chi connectivity index (χ0n) is 17.3. The molecule has 0 saturated carbocycles. The lowest BCUT2D eigenvalue weighted by Crippen LogP contribution is -2.51. The first-order valence-electron chi connectivity index (χ1n) is 10.3. The lowest BCUT2D eigenvalue weighted by atomic mass is 9.69. The van der Waals surface area contributed by atoms with Crippen LogP contribution in [0.3, 0.4) is 0 Å². The van der Waals surface area contributed by atoms with Gasteiger partial charge in [-0.1, -0.05) is 23.8 Å². The molecule has 1 aliphatic heterocycles. The van der Waals surface area contributed by atoms with Crippen LogP contribution in [0.2, 0.25) is 0 Å². The second-order valence-corrected chi connectivity index (χ2v) is 9.66. The standard InChI is InChI=1S/C24H24FN3O2S/c1-30-17-24-14-18-15-26-28(21-9-7-20(25)8-10-21)23(18)13-19(24)11-12-27(16-24)31(29)22-5-3-2-4-6-22/h2-10,13,15H,11-12,14,16-17H2,1H3. The highest BCUT2D eigenvalue weighted by Crippen LogP contribution is 2.45. The third-order valence-corrected chi connectivity index (χ3v) is 7.64. The Morgan fingerprint density at radius 1 is 1.16 bits per heavy atom. The van der Waals surface area contributed by atoms with Crippen LogP contribution in [0.5, 0.6) is 0 Å². The quantitative estimate of drug-likeness (QED) is 0.566. The molecule has 1 aliphatic carbocycles. The summed E-state index contributed by atoms with van der Waals surface area (Å²) >= 11 is -1.20. The number of methoxy groups -OCH3 is 1. The second kappa shape index (κ2) is 8.24. The summed E-state index contributed by atoms with van der Waals surface area (Å²) in [5, 5.41) is 4.58. The molecule has 1 saturated heterocycles. The molecule has 0 N–H and O–H groups in total. The second-order valence-electron chi connectivity index (χ2n) is 8.18. The molecule has 0 bridgehead atoms. The lowest BCUT2D eigenvalue weighted by Gasteiger charge is -2.45. The number of aromatic nitrogens is 2. The third kappa shape index (κ3) is 3.72. The van der Waals surface area contributed by atoms with Crippen LogP contribution in [0.25, 0.3) is 11.8 Å². The molecule has 0 amide bonds. The average Bonchev–Trinajstić information content (AvgIpc) is 3.20. The summed E-state index contributed by atoms with van der Waals surface area (Å²) in [6, 6.07) is 16.0. The van der Waals surface area contributed by atoms with Crippen LogP contribution in [-0.2, 0) is 22.5 Å². The van der Waals surface area contributed by atoms with Gasteiger partial charge in [-0.15, -0.1) is 4.31 Å². The Morgan fingerprint density at radius 2 is 1.94 bits per heavy atom. The van der Waals surface area contributed by atoms with Gasteiger partial charge >= 0.3 is 0 Å². The summed E-state index contributed by atoms with van der Waals surface area (Å²) in [6.07, 6.45) is 5.68. The first-order chi connectivity index (χ1) is 15.1. The lowest BCUT2D eigenvalue weighted by molar-refractivity contribution is 0.0733. The topological polar surface area (TPSA) is 53.3 Å². The van der Waals surface area contributed by atoms with Crippen LogP contribution in [-0.4, -0.2) is 45.4 Å². The van der Waals surface area contributed by atoms with Crippen molar-refractivity contribution in [2.24, 2.45) is 5.41 Å². The SMILES string of the molecule is COCC12Cc3cnn(-c4ccc(F)cc4)c3C=C1CCN([S+]([O-])c1ccccc1)C2. The summed E-state index contributed by atoms with van der Waals surface area (Å²) < 4.78 is 36.2. The van der Waals surface area contributed by atoms with E-state index in [0.717, 1.165) is 41.2 Å². The molecule has 5 nitrogen and oxygen atoms in total. The van der Waals surface area contributed by atoms with Gasteiger partial charge in [0.05, 0.1) is 42.1 Å². The van der Waals surface area contributed by atoms with E-state index in [-0.39, 0.29) is 11.2 Å². The molecule has 0 spiro atoms. The Kier molecular flexibility index (Phi) is 5.44. The monoisotopic (exact) mass is 437 g/mol. The summed E-state index contributed by atoms with van der Waals surface area (Å²) in [5.41, 5.74) is 4.05. The van der Waals surface area contributed by atoms with E-state index in [1.54, 1.807) is 19.2 Å². The van der Waals surface area contributed by atoms with E-state index in [4.69, 9.17) is 4.74 Å². The van der Waals surface area contributed by atoms with Crippen molar-refractivity contribution in [1.29, 1.82) is 0 Å². The van der Waals surface area contributed by atoms with Crippen molar-refractivity contribution in [3.05, 3.63) is 83.4 Å². The highest BCUT2D eigenvalue weighted by Gasteiger charge is 2.46. The minimum absolute atomic E-state index is 0.235. The molecule has 7 heteroatoms. The highest BCUT2D eigenvalue weighted by molar-refractivity contribution is 7.89. The van der Waals surface area contributed by atoms with E-state index in [1.165, 1.54) is 17.7 Å². The number of halogens is 1. The van der Waals surface area contributed by atoms with Crippen LogP contribution in [0, 0.1) is 11.2 Å². The molecule has 5 rings (SSSR count). The number of fused-ring (bicyclic) bond motifs is 2. The number of piperidine rings is 1. The van der Waals surface area contributed by atoms with Crippen molar-refractivity contribution in [3.8, 4) is 5.69 Å². The van der Waals surface area contributed by atoms with Gasteiger partial charge < -0.3 is 9.29 Å². The van der Waals surface area contributed by atoms with Gasteiger partial charge in [0.15, 0.2) is 4.90 Å². The Morgan fingerprint density at radius 3 is 2.68 bits per heavy atom. The van der Waals surface area contributed by atoms with Crippen LogP contribution in [0.1, 0.15) is 17.7 Å². The van der Waals surface area contributed by atoms with Crippen molar-refractivity contribution in [2.75, 3.05) is 26.8 Å². The zero-order valence-corrected chi connectivity index (χ0v) is 18.1. The average molecular weight is 438 g/mol. The van der Waals surface area contributed by atoms with Crippen LogP contribution in [0.4, 0.5) is 4.39 Å². The smallest absolute Gasteiger partial charge is 0.174 e. The van der Waals surface area contributed by atoms with E-state index in [0.29, 0.717) is 13.2 Å². The predicted octanol–water partition coefficient (Wildman–Crippen LogP) is 4.01. The molecule has 0 radical (unpaired) electrons. The van der Waals surface area contributed by atoms with Gasteiger partial charge in [-0.3, -0.25) is 0 Å². The number of rotatable bonds is 5. The Bertz CT molecular complexity index is 1100. The van der Waals surface area contributed by atoms with E-state index in [1.807, 2.05) is 41.2 Å². The van der Waals surface area contributed by atoms with Crippen molar-refractivity contribution >= 4 is 17.4 Å². The van der Waals surface area contributed by atoms with Gasteiger partial charge in [0.2, 0.25) is 0 Å². The van der Waals surface area contributed by atoms with Crippen LogP contribution < -0.4 is 0 Å². The fourth-order valence-electron chi connectivity index (χ4n) is 4.72. The molecule has 1 fully saturated rings. The maximum atomic E-state index is 13.4. The number of nitrogens with zero attached hydrogens (tertiary/aromatic N) is 3.